The van der Waals surface area contributed by atoms with Crippen LogP contribution >= 0.6 is 12.6 Å². The zero-order valence-electron chi connectivity index (χ0n) is 21.1. The molecule has 13 heteroatoms. The van der Waals surface area contributed by atoms with Gasteiger partial charge in [0.25, 0.3) is 0 Å². The van der Waals surface area contributed by atoms with E-state index in [1.807, 2.05) is 0 Å². The molecule has 0 heterocycles. The summed E-state index contributed by atoms with van der Waals surface area (Å²) in [6.45, 7) is 0. The summed E-state index contributed by atoms with van der Waals surface area (Å²) in [5, 5.41) is 26.3. The van der Waals surface area contributed by atoms with Gasteiger partial charge >= 0.3 is 5.97 Å². The molecule has 2 rings (SSSR count). The van der Waals surface area contributed by atoms with Gasteiger partial charge in [-0.25, -0.2) is 4.79 Å². The van der Waals surface area contributed by atoms with E-state index in [4.69, 9.17) is 11.5 Å². The molecule has 12 nitrogen and oxygen atoms in total. The molecule has 0 aromatic heterocycles. The maximum absolute atomic E-state index is 13.0. The molecule has 0 saturated heterocycles. The first-order chi connectivity index (χ1) is 18.5. The molecule has 0 aliphatic carbocycles. The standard InChI is InChI=1S/C26H33N5O7S/c27-18(12-16-6-8-17(32)9-7-16)23(34)31-21(14-39)25(36)29-19(10-11-22(28)33)24(35)30-20(26(37)38)13-15-4-2-1-3-5-15/h1-9,18-21,32,39H,10-14,27H2,(H2,28,33)(H,29,36)(H,30,35)(H,31,34)(H,37,38). The number of rotatable bonds is 15. The van der Waals surface area contributed by atoms with Gasteiger partial charge in [-0.2, -0.15) is 12.6 Å². The Bertz CT molecular complexity index is 1150. The first-order valence-electron chi connectivity index (χ1n) is 12.1. The van der Waals surface area contributed by atoms with E-state index in [0.717, 1.165) is 0 Å². The van der Waals surface area contributed by atoms with Crippen LogP contribution in [0.2, 0.25) is 0 Å². The van der Waals surface area contributed by atoms with Crippen molar-refractivity contribution in [1.29, 1.82) is 0 Å². The monoisotopic (exact) mass is 559 g/mol. The summed E-state index contributed by atoms with van der Waals surface area (Å²) in [4.78, 5) is 61.7. The molecular weight excluding hydrogens is 526 g/mol. The van der Waals surface area contributed by atoms with Gasteiger partial charge in [-0.05, 0) is 36.1 Å². The van der Waals surface area contributed by atoms with Gasteiger partial charge in [0.2, 0.25) is 23.6 Å². The Morgan fingerprint density at radius 2 is 1.31 bits per heavy atom. The van der Waals surface area contributed by atoms with Crippen LogP contribution in [-0.2, 0) is 36.8 Å². The number of nitrogens with one attached hydrogen (secondary N) is 3. The van der Waals surface area contributed by atoms with Crippen LogP contribution in [0.1, 0.15) is 24.0 Å². The molecule has 39 heavy (non-hydrogen) atoms. The molecule has 4 amide bonds. The molecular formula is C26H33N5O7S. The topological polar surface area (TPSA) is 214 Å². The summed E-state index contributed by atoms with van der Waals surface area (Å²) < 4.78 is 0. The normalized spacial score (nSPS) is 13.8. The molecule has 0 bridgehead atoms. The quantitative estimate of drug-likeness (QED) is 0.130. The minimum atomic E-state index is -1.31. The summed E-state index contributed by atoms with van der Waals surface area (Å²) in [5.74, 6) is -4.34. The number of phenolic OH excluding ortho intramolecular Hbond substituents is 1. The lowest BCUT2D eigenvalue weighted by molar-refractivity contribution is -0.142. The molecule has 0 radical (unpaired) electrons. The van der Waals surface area contributed by atoms with Crippen LogP contribution in [-0.4, -0.2) is 69.7 Å². The maximum atomic E-state index is 13.0. The van der Waals surface area contributed by atoms with E-state index in [-0.39, 0.29) is 37.2 Å². The smallest absolute Gasteiger partial charge is 0.326 e. The Balaban J connectivity index is 2.06. The highest BCUT2D eigenvalue weighted by atomic mass is 32.1. The second-order valence-electron chi connectivity index (χ2n) is 8.88. The van der Waals surface area contributed by atoms with E-state index in [9.17, 15) is 34.2 Å². The summed E-state index contributed by atoms with van der Waals surface area (Å²) >= 11 is 4.11. The largest absolute Gasteiger partial charge is 0.508 e. The van der Waals surface area contributed by atoms with Crippen LogP contribution in [0.4, 0.5) is 0 Å². The average Bonchev–Trinajstić information content (AvgIpc) is 2.90. The Labute approximate surface area is 230 Å². The summed E-state index contributed by atoms with van der Waals surface area (Å²) in [6.07, 6.45) is -0.330. The van der Waals surface area contributed by atoms with Gasteiger partial charge in [0.1, 0.15) is 23.9 Å². The van der Waals surface area contributed by atoms with Crippen molar-refractivity contribution in [3.8, 4) is 5.75 Å². The van der Waals surface area contributed by atoms with Crippen molar-refractivity contribution < 1.29 is 34.2 Å². The maximum Gasteiger partial charge on any atom is 0.326 e. The van der Waals surface area contributed by atoms with Crippen LogP contribution in [0.5, 0.6) is 5.75 Å². The number of carboxylic acid groups (broad SMARTS) is 1. The van der Waals surface area contributed by atoms with Gasteiger partial charge in [0.05, 0.1) is 6.04 Å². The third kappa shape index (κ3) is 10.7. The van der Waals surface area contributed by atoms with Crippen molar-refractivity contribution in [3.63, 3.8) is 0 Å². The van der Waals surface area contributed by atoms with E-state index in [1.165, 1.54) is 12.1 Å². The van der Waals surface area contributed by atoms with E-state index >= 15 is 0 Å². The number of carboxylic acids is 1. The van der Waals surface area contributed by atoms with Crippen molar-refractivity contribution in [2.45, 2.75) is 49.9 Å². The Hall–Kier alpha value is -4.10. The molecule has 0 aliphatic rings. The second-order valence-corrected chi connectivity index (χ2v) is 9.24. The average molecular weight is 560 g/mol. The molecule has 0 saturated carbocycles. The number of thiol groups is 1. The predicted octanol–water partition coefficient (Wildman–Crippen LogP) is -0.761. The number of carbonyl (C=O) groups is 5. The number of carbonyl (C=O) groups excluding carboxylic acids is 4. The van der Waals surface area contributed by atoms with Crippen molar-refractivity contribution in [3.05, 3.63) is 65.7 Å². The Morgan fingerprint density at radius 3 is 1.87 bits per heavy atom. The van der Waals surface area contributed by atoms with Crippen LogP contribution < -0.4 is 27.4 Å². The third-order valence-corrected chi connectivity index (χ3v) is 6.12. The van der Waals surface area contributed by atoms with Gasteiger partial charge in [0.15, 0.2) is 0 Å². The highest BCUT2D eigenvalue weighted by Gasteiger charge is 2.30. The number of aliphatic carboxylic acids is 1. The molecule has 4 unspecified atom stereocenters. The molecule has 4 atom stereocenters. The molecule has 2 aromatic carbocycles. The lowest BCUT2D eigenvalue weighted by atomic mass is 10.0. The van der Waals surface area contributed by atoms with Crippen LogP contribution in [0.25, 0.3) is 0 Å². The van der Waals surface area contributed by atoms with Crippen LogP contribution in [0.15, 0.2) is 54.6 Å². The van der Waals surface area contributed by atoms with E-state index in [0.29, 0.717) is 11.1 Å². The van der Waals surface area contributed by atoms with Gasteiger partial charge in [-0.15, -0.1) is 0 Å². The first-order valence-corrected chi connectivity index (χ1v) is 12.7. The van der Waals surface area contributed by atoms with E-state index < -0.39 is 53.8 Å². The summed E-state index contributed by atoms with van der Waals surface area (Å²) in [5.41, 5.74) is 12.5. The predicted molar refractivity (Wildman–Crippen MR) is 146 cm³/mol. The Kier molecular flexibility index (Phi) is 12.2. The highest BCUT2D eigenvalue weighted by Crippen LogP contribution is 2.11. The fraction of sp³-hybridized carbons (Fsp3) is 0.346. The molecule has 0 aliphatic heterocycles. The third-order valence-electron chi connectivity index (χ3n) is 5.75. The van der Waals surface area contributed by atoms with E-state index in [1.54, 1.807) is 42.5 Å². The summed E-state index contributed by atoms with van der Waals surface area (Å²) in [6, 6.07) is 9.95. The van der Waals surface area contributed by atoms with Gasteiger partial charge in [-0.1, -0.05) is 42.5 Å². The second kappa shape index (κ2) is 15.3. The number of benzene rings is 2. The van der Waals surface area contributed by atoms with Crippen molar-refractivity contribution in [2.75, 3.05) is 5.75 Å². The van der Waals surface area contributed by atoms with Gasteiger partial charge in [0, 0.05) is 18.6 Å². The molecule has 0 spiro atoms. The fourth-order valence-electron chi connectivity index (χ4n) is 3.60. The molecule has 0 fully saturated rings. The highest BCUT2D eigenvalue weighted by molar-refractivity contribution is 7.80. The number of hydrogen-bond acceptors (Lipinski definition) is 8. The molecule has 9 N–H and O–H groups in total. The van der Waals surface area contributed by atoms with Crippen LogP contribution in [0.3, 0.4) is 0 Å². The number of nitrogens with two attached hydrogens (primary N) is 2. The lowest BCUT2D eigenvalue weighted by Gasteiger charge is -2.24. The minimum absolute atomic E-state index is 0.00730. The minimum Gasteiger partial charge on any atom is -0.508 e. The van der Waals surface area contributed by atoms with E-state index in [2.05, 4.69) is 28.6 Å². The fourth-order valence-corrected chi connectivity index (χ4v) is 3.86. The number of hydrogen-bond donors (Lipinski definition) is 8. The SMILES string of the molecule is NC(=O)CCC(NC(=O)C(CS)NC(=O)C(N)Cc1ccc(O)cc1)C(=O)NC(Cc1ccccc1)C(=O)O. The molecule has 210 valence electrons. The number of aromatic hydroxyl groups is 1. The lowest BCUT2D eigenvalue weighted by Crippen LogP contribution is -2.58. The van der Waals surface area contributed by atoms with Crippen molar-refractivity contribution in [2.24, 2.45) is 11.5 Å². The van der Waals surface area contributed by atoms with Crippen molar-refractivity contribution in [1.82, 2.24) is 16.0 Å². The number of amides is 4. The van der Waals surface area contributed by atoms with Crippen molar-refractivity contribution >= 4 is 42.2 Å². The Morgan fingerprint density at radius 1 is 0.769 bits per heavy atom. The summed E-state index contributed by atoms with van der Waals surface area (Å²) in [7, 11) is 0. The van der Waals surface area contributed by atoms with Gasteiger partial charge in [-0.3, -0.25) is 19.2 Å². The number of primary amides is 1. The molecule has 2 aromatic rings. The zero-order valence-corrected chi connectivity index (χ0v) is 22.0. The first kappa shape index (κ1) is 31.1. The number of phenols is 1. The zero-order chi connectivity index (χ0) is 28.9. The van der Waals surface area contributed by atoms with Gasteiger partial charge < -0.3 is 37.6 Å². The van der Waals surface area contributed by atoms with Crippen LogP contribution in [0, 0.1) is 0 Å².